The minimum absolute atomic E-state index is 0.0159. The number of likely N-dealkylation sites (tertiary alicyclic amines) is 1. The van der Waals surface area contributed by atoms with Crippen LogP contribution in [0.2, 0.25) is 0 Å². The van der Waals surface area contributed by atoms with Crippen molar-refractivity contribution in [3.8, 4) is 0 Å². The van der Waals surface area contributed by atoms with Crippen molar-refractivity contribution < 1.29 is 19.8 Å². The van der Waals surface area contributed by atoms with E-state index in [0.717, 1.165) is 19.3 Å². The number of H-pyrrole nitrogens is 1. The number of nitrogens with zero attached hydrogens (tertiary/aromatic N) is 2. The van der Waals surface area contributed by atoms with Crippen LogP contribution in [0, 0.1) is 0 Å². The number of amides is 2. The first kappa shape index (κ1) is 13.9. The molecule has 21 heavy (non-hydrogen) atoms. The van der Waals surface area contributed by atoms with Crippen LogP contribution in [-0.4, -0.2) is 56.3 Å². The highest BCUT2D eigenvalue weighted by molar-refractivity contribution is 5.85. The minimum atomic E-state index is -1.07. The smallest absolute Gasteiger partial charge is 0.353 e. The van der Waals surface area contributed by atoms with Gasteiger partial charge >= 0.3 is 12.0 Å². The molecule has 2 heterocycles. The average molecular weight is 294 g/mol. The summed E-state index contributed by atoms with van der Waals surface area (Å²) in [5.74, 6) is -0.587. The van der Waals surface area contributed by atoms with Crippen LogP contribution in [0.5, 0.6) is 0 Å². The van der Waals surface area contributed by atoms with Gasteiger partial charge in [-0.05, 0) is 25.7 Å². The molecule has 2 fully saturated rings. The van der Waals surface area contributed by atoms with Gasteiger partial charge in [-0.3, -0.25) is 0 Å². The Morgan fingerprint density at radius 3 is 2.71 bits per heavy atom. The lowest BCUT2D eigenvalue weighted by atomic mass is 9.76. The number of hydrogen-bond acceptors (Lipinski definition) is 4. The second-order valence-electron chi connectivity index (χ2n) is 5.70. The summed E-state index contributed by atoms with van der Waals surface area (Å²) >= 11 is 0. The van der Waals surface area contributed by atoms with E-state index in [0.29, 0.717) is 25.3 Å². The number of carboxylic acid groups (broad SMARTS) is 1. The van der Waals surface area contributed by atoms with Gasteiger partial charge in [-0.15, -0.1) is 0 Å². The molecule has 8 nitrogen and oxygen atoms in total. The van der Waals surface area contributed by atoms with Crippen LogP contribution in [0.3, 0.4) is 0 Å². The number of carbonyl (C=O) groups excluding carboxylic acids is 1. The SMILES string of the molecule is O=C(O)c1cnc(C2(NC(=O)N3CCC(O)C3)CCC2)[nH]1. The standard InChI is InChI=1S/C13H18N4O4/c18-8-2-5-17(7-8)12(21)16-13(3-1-4-13)11-14-6-9(15-11)10(19)20/h6,8,18H,1-5,7H2,(H,14,15)(H,16,21)(H,19,20). The quantitative estimate of drug-likeness (QED) is 0.638. The maximum absolute atomic E-state index is 12.3. The van der Waals surface area contributed by atoms with Crippen molar-refractivity contribution in [1.82, 2.24) is 20.2 Å². The number of hydrogen-bond donors (Lipinski definition) is 4. The second-order valence-corrected chi connectivity index (χ2v) is 5.70. The lowest BCUT2D eigenvalue weighted by Gasteiger charge is -2.41. The second kappa shape index (κ2) is 5.03. The Balaban J connectivity index is 1.74. The monoisotopic (exact) mass is 294 g/mol. The van der Waals surface area contributed by atoms with Crippen LogP contribution < -0.4 is 5.32 Å². The van der Waals surface area contributed by atoms with Gasteiger partial charge in [0, 0.05) is 13.1 Å². The normalized spacial score (nSPS) is 23.7. The number of rotatable bonds is 3. The molecule has 1 unspecified atom stereocenters. The topological polar surface area (TPSA) is 119 Å². The third-order valence-electron chi connectivity index (χ3n) is 4.26. The van der Waals surface area contributed by atoms with E-state index >= 15 is 0 Å². The Morgan fingerprint density at radius 2 is 2.24 bits per heavy atom. The molecular weight excluding hydrogens is 276 g/mol. The molecule has 1 saturated heterocycles. The van der Waals surface area contributed by atoms with Crippen molar-refractivity contribution in [3.63, 3.8) is 0 Å². The van der Waals surface area contributed by atoms with Crippen molar-refractivity contribution in [3.05, 3.63) is 17.7 Å². The highest BCUT2D eigenvalue weighted by Crippen LogP contribution is 2.40. The highest BCUT2D eigenvalue weighted by Gasteiger charge is 2.44. The summed E-state index contributed by atoms with van der Waals surface area (Å²) in [6, 6.07) is -0.237. The predicted molar refractivity (Wildman–Crippen MR) is 71.8 cm³/mol. The van der Waals surface area contributed by atoms with Gasteiger partial charge < -0.3 is 25.4 Å². The molecule has 0 bridgehead atoms. The fourth-order valence-corrected chi connectivity index (χ4v) is 2.83. The number of aliphatic hydroxyl groups excluding tert-OH is 1. The van der Waals surface area contributed by atoms with E-state index in [1.54, 1.807) is 4.90 Å². The van der Waals surface area contributed by atoms with Crippen molar-refractivity contribution in [2.45, 2.75) is 37.3 Å². The molecule has 8 heteroatoms. The summed E-state index contributed by atoms with van der Waals surface area (Å²) in [5.41, 5.74) is -0.597. The third-order valence-corrected chi connectivity index (χ3v) is 4.26. The number of aromatic carboxylic acids is 1. The molecule has 2 aliphatic rings. The zero-order chi connectivity index (χ0) is 15.0. The summed E-state index contributed by atoms with van der Waals surface area (Å²) in [5, 5.41) is 21.4. The van der Waals surface area contributed by atoms with E-state index in [4.69, 9.17) is 5.11 Å². The third kappa shape index (κ3) is 2.46. The molecule has 1 aliphatic carbocycles. The Morgan fingerprint density at radius 1 is 1.48 bits per heavy atom. The molecule has 1 aliphatic heterocycles. The van der Waals surface area contributed by atoms with Gasteiger partial charge in [-0.1, -0.05) is 0 Å². The summed E-state index contributed by atoms with van der Waals surface area (Å²) in [7, 11) is 0. The number of nitrogens with one attached hydrogen (secondary N) is 2. The van der Waals surface area contributed by atoms with Crippen LogP contribution in [0.15, 0.2) is 6.20 Å². The average Bonchev–Trinajstić information content (AvgIpc) is 3.02. The largest absolute Gasteiger partial charge is 0.477 e. The first-order valence-corrected chi connectivity index (χ1v) is 7.04. The first-order valence-electron chi connectivity index (χ1n) is 7.04. The lowest BCUT2D eigenvalue weighted by molar-refractivity contribution is 0.0690. The Labute approximate surface area is 121 Å². The van der Waals surface area contributed by atoms with Gasteiger partial charge in [-0.2, -0.15) is 0 Å². The van der Waals surface area contributed by atoms with Crippen LogP contribution >= 0.6 is 0 Å². The molecule has 114 valence electrons. The van der Waals surface area contributed by atoms with E-state index in [2.05, 4.69) is 15.3 Å². The zero-order valence-corrected chi connectivity index (χ0v) is 11.5. The summed E-state index contributed by atoms with van der Waals surface area (Å²) in [6.45, 7) is 0.863. The van der Waals surface area contributed by atoms with Crippen LogP contribution in [0.25, 0.3) is 0 Å². The van der Waals surface area contributed by atoms with Crippen LogP contribution in [0.1, 0.15) is 42.0 Å². The summed E-state index contributed by atoms with van der Waals surface area (Å²) < 4.78 is 0. The molecule has 0 radical (unpaired) electrons. The number of imidazole rings is 1. The molecule has 0 spiro atoms. The lowest BCUT2D eigenvalue weighted by Crippen LogP contribution is -2.55. The number of aromatic nitrogens is 2. The van der Waals surface area contributed by atoms with E-state index in [1.807, 2.05) is 0 Å². The van der Waals surface area contributed by atoms with Gasteiger partial charge in [0.1, 0.15) is 11.5 Å². The van der Waals surface area contributed by atoms with E-state index in [9.17, 15) is 14.7 Å². The maximum atomic E-state index is 12.3. The fraction of sp³-hybridized carbons (Fsp3) is 0.615. The number of carbonyl (C=O) groups is 2. The van der Waals surface area contributed by atoms with Crippen LogP contribution in [-0.2, 0) is 5.54 Å². The van der Waals surface area contributed by atoms with E-state index < -0.39 is 17.6 Å². The minimum Gasteiger partial charge on any atom is -0.477 e. The van der Waals surface area contributed by atoms with Crippen molar-refractivity contribution in [1.29, 1.82) is 0 Å². The van der Waals surface area contributed by atoms with Crippen molar-refractivity contribution >= 4 is 12.0 Å². The fourth-order valence-electron chi connectivity index (χ4n) is 2.83. The summed E-state index contributed by atoms with van der Waals surface area (Å²) in [6.07, 6.45) is 3.79. The van der Waals surface area contributed by atoms with Crippen molar-refractivity contribution in [2.24, 2.45) is 0 Å². The zero-order valence-electron chi connectivity index (χ0n) is 11.5. The molecule has 4 N–H and O–H groups in total. The predicted octanol–water partition coefficient (Wildman–Crippen LogP) is 0.263. The molecule has 3 rings (SSSR count). The number of urea groups is 1. The van der Waals surface area contributed by atoms with E-state index in [-0.39, 0.29) is 11.7 Å². The Kier molecular flexibility index (Phi) is 3.32. The highest BCUT2D eigenvalue weighted by atomic mass is 16.4. The van der Waals surface area contributed by atoms with E-state index in [1.165, 1.54) is 6.20 Å². The molecule has 2 amide bonds. The Hall–Kier alpha value is -2.09. The first-order chi connectivity index (χ1) is 10.00. The van der Waals surface area contributed by atoms with Crippen LogP contribution in [0.4, 0.5) is 4.79 Å². The summed E-state index contributed by atoms with van der Waals surface area (Å²) in [4.78, 5) is 31.6. The molecule has 0 aromatic carbocycles. The molecule has 1 aromatic rings. The molecule has 1 atom stereocenters. The maximum Gasteiger partial charge on any atom is 0.353 e. The molecule has 1 saturated carbocycles. The van der Waals surface area contributed by atoms with Gasteiger partial charge in [0.2, 0.25) is 0 Å². The molecular formula is C13H18N4O4. The number of carboxylic acids is 1. The number of aliphatic hydroxyl groups is 1. The van der Waals surface area contributed by atoms with Crippen molar-refractivity contribution in [2.75, 3.05) is 13.1 Å². The van der Waals surface area contributed by atoms with Gasteiger partial charge in [-0.25, -0.2) is 14.6 Å². The Bertz CT molecular complexity index is 566. The van der Waals surface area contributed by atoms with Gasteiger partial charge in [0.25, 0.3) is 0 Å². The van der Waals surface area contributed by atoms with Gasteiger partial charge in [0.15, 0.2) is 0 Å². The number of aromatic amines is 1. The number of β-amino-alcohol motifs (C(OH)–C–C–N with tert-alkyl or cyclic N) is 1. The molecule has 1 aromatic heterocycles. The van der Waals surface area contributed by atoms with Gasteiger partial charge in [0.05, 0.1) is 17.8 Å².